The molecule has 1 aromatic rings. The predicted molar refractivity (Wildman–Crippen MR) is 85.4 cm³/mol. The van der Waals surface area contributed by atoms with E-state index in [4.69, 9.17) is 4.74 Å². The van der Waals surface area contributed by atoms with Crippen molar-refractivity contribution >= 4 is 5.91 Å². The average Bonchev–Trinajstić information content (AvgIpc) is 2.60. The minimum atomic E-state index is -0.835. The summed E-state index contributed by atoms with van der Waals surface area (Å²) in [5, 5.41) is 23.1. The number of phenolic OH excluding ortho intramolecular Hbond substituents is 1. The highest BCUT2D eigenvalue weighted by Gasteiger charge is 2.37. The second-order valence-corrected chi connectivity index (χ2v) is 6.35. The molecule has 2 fully saturated rings. The molecule has 1 aliphatic heterocycles. The molecule has 0 unspecified atom stereocenters. The number of amides is 1. The van der Waals surface area contributed by atoms with Gasteiger partial charge in [-0.05, 0) is 31.4 Å². The van der Waals surface area contributed by atoms with Gasteiger partial charge in [-0.25, -0.2) is 4.39 Å². The SMILES string of the molecule is O=C(N[C@@H]1CCC[C@@H](N2CCOCC2)[C@@H]1O)c1cccc(F)c1O. The van der Waals surface area contributed by atoms with E-state index < -0.39 is 29.6 Å². The van der Waals surface area contributed by atoms with Gasteiger partial charge in [0.05, 0.1) is 30.9 Å². The summed E-state index contributed by atoms with van der Waals surface area (Å²) in [5.41, 5.74) is -0.115. The van der Waals surface area contributed by atoms with E-state index >= 15 is 0 Å². The van der Waals surface area contributed by atoms with Crippen molar-refractivity contribution in [2.24, 2.45) is 0 Å². The lowest BCUT2D eigenvalue weighted by atomic mass is 9.86. The first-order chi connectivity index (χ1) is 11.6. The summed E-state index contributed by atoms with van der Waals surface area (Å²) in [4.78, 5) is 14.5. The number of aliphatic hydroxyl groups is 1. The van der Waals surface area contributed by atoms with Gasteiger partial charge in [-0.2, -0.15) is 0 Å². The summed E-state index contributed by atoms with van der Waals surface area (Å²) in [6.07, 6.45) is 1.72. The van der Waals surface area contributed by atoms with E-state index in [1.807, 2.05) is 0 Å². The number of ether oxygens (including phenoxy) is 1. The van der Waals surface area contributed by atoms with E-state index in [0.717, 1.165) is 32.0 Å². The minimum absolute atomic E-state index is 0.0194. The van der Waals surface area contributed by atoms with Gasteiger partial charge in [-0.1, -0.05) is 6.07 Å². The highest BCUT2D eigenvalue weighted by atomic mass is 19.1. The maximum absolute atomic E-state index is 13.4. The summed E-state index contributed by atoms with van der Waals surface area (Å²) >= 11 is 0. The minimum Gasteiger partial charge on any atom is -0.504 e. The van der Waals surface area contributed by atoms with Gasteiger partial charge < -0.3 is 20.3 Å². The zero-order valence-electron chi connectivity index (χ0n) is 13.4. The summed E-state index contributed by atoms with van der Waals surface area (Å²) < 4.78 is 18.7. The maximum atomic E-state index is 13.4. The molecule has 7 heteroatoms. The number of carbonyl (C=O) groups is 1. The monoisotopic (exact) mass is 338 g/mol. The molecule has 1 saturated carbocycles. The van der Waals surface area contributed by atoms with Crippen LogP contribution in [0.4, 0.5) is 4.39 Å². The Bertz CT molecular complexity index is 592. The second-order valence-electron chi connectivity index (χ2n) is 6.35. The number of morpholine rings is 1. The van der Waals surface area contributed by atoms with Crippen LogP contribution in [0.15, 0.2) is 18.2 Å². The number of nitrogens with zero attached hydrogens (tertiary/aromatic N) is 1. The number of carbonyl (C=O) groups excluding carboxylic acids is 1. The van der Waals surface area contributed by atoms with Crippen molar-refractivity contribution in [3.05, 3.63) is 29.6 Å². The van der Waals surface area contributed by atoms with Crippen LogP contribution in [-0.2, 0) is 4.74 Å². The number of nitrogens with one attached hydrogen (secondary N) is 1. The zero-order valence-corrected chi connectivity index (χ0v) is 13.4. The number of rotatable bonds is 3. The fourth-order valence-corrected chi connectivity index (χ4v) is 3.57. The third-order valence-electron chi connectivity index (χ3n) is 4.88. The number of hydrogen-bond acceptors (Lipinski definition) is 5. The first-order valence-electron chi connectivity index (χ1n) is 8.36. The molecular weight excluding hydrogens is 315 g/mol. The van der Waals surface area contributed by atoms with Crippen molar-refractivity contribution in [3.8, 4) is 5.75 Å². The van der Waals surface area contributed by atoms with E-state index in [0.29, 0.717) is 19.6 Å². The molecule has 1 amide bonds. The van der Waals surface area contributed by atoms with Gasteiger partial charge in [0.15, 0.2) is 11.6 Å². The fraction of sp³-hybridized carbons (Fsp3) is 0.588. The molecule has 132 valence electrons. The van der Waals surface area contributed by atoms with Crippen LogP contribution < -0.4 is 5.32 Å². The Morgan fingerprint density at radius 1 is 1.29 bits per heavy atom. The van der Waals surface area contributed by atoms with E-state index in [1.165, 1.54) is 12.1 Å². The van der Waals surface area contributed by atoms with Gasteiger partial charge >= 0.3 is 0 Å². The van der Waals surface area contributed by atoms with E-state index in [-0.39, 0.29) is 11.6 Å². The van der Waals surface area contributed by atoms with E-state index in [1.54, 1.807) is 0 Å². The van der Waals surface area contributed by atoms with Crippen molar-refractivity contribution < 1.29 is 24.1 Å². The standard InChI is InChI=1S/C17H23FN2O4/c18-12-4-1-3-11(15(12)21)17(23)19-13-5-2-6-14(16(13)22)20-7-9-24-10-8-20/h1,3-4,13-14,16,21-22H,2,5-10H2,(H,19,23)/t13-,14-,16-/m1/s1. The molecule has 2 aliphatic rings. The van der Waals surface area contributed by atoms with E-state index in [2.05, 4.69) is 10.2 Å². The van der Waals surface area contributed by atoms with Crippen molar-refractivity contribution in [2.45, 2.75) is 37.5 Å². The molecule has 1 saturated heterocycles. The quantitative estimate of drug-likeness (QED) is 0.762. The number of halogens is 1. The van der Waals surface area contributed by atoms with E-state index in [9.17, 15) is 19.4 Å². The molecule has 0 radical (unpaired) electrons. The summed E-state index contributed by atoms with van der Waals surface area (Å²) in [6.45, 7) is 2.84. The molecule has 6 nitrogen and oxygen atoms in total. The Morgan fingerprint density at radius 3 is 2.79 bits per heavy atom. The third kappa shape index (κ3) is 3.53. The van der Waals surface area contributed by atoms with Crippen LogP contribution in [-0.4, -0.2) is 65.5 Å². The summed E-state index contributed by atoms with van der Waals surface area (Å²) in [7, 11) is 0. The predicted octanol–water partition coefficient (Wildman–Crippen LogP) is 0.875. The van der Waals surface area contributed by atoms with Crippen LogP contribution in [0.2, 0.25) is 0 Å². The third-order valence-corrected chi connectivity index (χ3v) is 4.88. The summed E-state index contributed by atoms with van der Waals surface area (Å²) in [5.74, 6) is -2.07. The molecule has 24 heavy (non-hydrogen) atoms. The molecule has 1 aromatic carbocycles. The molecule has 3 atom stereocenters. The van der Waals surface area contributed by atoms with Gasteiger partial charge in [-0.3, -0.25) is 9.69 Å². The molecule has 1 heterocycles. The van der Waals surface area contributed by atoms with Gasteiger partial charge in [0.1, 0.15) is 0 Å². The first-order valence-corrected chi connectivity index (χ1v) is 8.36. The lowest BCUT2D eigenvalue weighted by Crippen LogP contribution is -2.58. The Balaban J connectivity index is 1.67. The normalized spacial score (nSPS) is 28.5. The van der Waals surface area contributed by atoms with Crippen LogP contribution >= 0.6 is 0 Å². The average molecular weight is 338 g/mol. The Morgan fingerprint density at radius 2 is 2.04 bits per heavy atom. The second kappa shape index (κ2) is 7.46. The highest BCUT2D eigenvalue weighted by molar-refractivity contribution is 5.97. The Labute approximate surface area is 140 Å². The van der Waals surface area contributed by atoms with Crippen molar-refractivity contribution in [3.63, 3.8) is 0 Å². The molecule has 3 N–H and O–H groups in total. The molecule has 3 rings (SSSR count). The number of benzene rings is 1. The number of aliphatic hydroxyl groups excluding tert-OH is 1. The first kappa shape index (κ1) is 17.1. The lowest BCUT2D eigenvalue weighted by Gasteiger charge is -2.43. The maximum Gasteiger partial charge on any atom is 0.255 e. The Kier molecular flexibility index (Phi) is 5.33. The largest absolute Gasteiger partial charge is 0.504 e. The number of para-hydroxylation sites is 1. The van der Waals surface area contributed by atoms with Gasteiger partial charge in [-0.15, -0.1) is 0 Å². The molecular formula is C17H23FN2O4. The van der Waals surface area contributed by atoms with Gasteiger partial charge in [0.2, 0.25) is 0 Å². The zero-order chi connectivity index (χ0) is 17.1. The number of aromatic hydroxyl groups is 1. The lowest BCUT2D eigenvalue weighted by molar-refractivity contribution is -0.0459. The van der Waals surface area contributed by atoms with Gasteiger partial charge in [0.25, 0.3) is 5.91 Å². The van der Waals surface area contributed by atoms with Crippen LogP contribution in [0.3, 0.4) is 0 Å². The fourth-order valence-electron chi connectivity index (χ4n) is 3.57. The topological polar surface area (TPSA) is 82.0 Å². The molecule has 1 aliphatic carbocycles. The van der Waals surface area contributed by atoms with Crippen LogP contribution in [0.1, 0.15) is 29.6 Å². The Hall–Kier alpha value is -1.70. The summed E-state index contributed by atoms with van der Waals surface area (Å²) in [6, 6.07) is 3.40. The van der Waals surface area contributed by atoms with Crippen LogP contribution in [0.25, 0.3) is 0 Å². The number of hydrogen-bond donors (Lipinski definition) is 3. The van der Waals surface area contributed by atoms with Crippen molar-refractivity contribution in [1.29, 1.82) is 0 Å². The smallest absolute Gasteiger partial charge is 0.255 e. The highest BCUT2D eigenvalue weighted by Crippen LogP contribution is 2.26. The van der Waals surface area contributed by atoms with Crippen molar-refractivity contribution in [1.82, 2.24) is 10.2 Å². The number of phenols is 1. The molecule has 0 aromatic heterocycles. The van der Waals surface area contributed by atoms with Gasteiger partial charge in [0, 0.05) is 19.1 Å². The van der Waals surface area contributed by atoms with Crippen LogP contribution in [0, 0.1) is 5.82 Å². The van der Waals surface area contributed by atoms with Crippen LogP contribution in [0.5, 0.6) is 5.75 Å². The molecule has 0 spiro atoms. The van der Waals surface area contributed by atoms with Crippen molar-refractivity contribution in [2.75, 3.05) is 26.3 Å². The molecule has 0 bridgehead atoms.